The maximum atomic E-state index is 13.9. The summed E-state index contributed by atoms with van der Waals surface area (Å²) in [4.78, 5) is 41.6. The van der Waals surface area contributed by atoms with Crippen LogP contribution in [0.4, 0.5) is 26.3 Å². The second-order valence-electron chi connectivity index (χ2n) is 11.8. The summed E-state index contributed by atoms with van der Waals surface area (Å²) in [5, 5.41) is 8.18. The van der Waals surface area contributed by atoms with Gasteiger partial charge >= 0.3 is 12.4 Å². The van der Waals surface area contributed by atoms with Gasteiger partial charge in [0.1, 0.15) is 17.2 Å². The third-order valence-electron chi connectivity index (χ3n) is 7.69. The van der Waals surface area contributed by atoms with Crippen molar-refractivity contribution in [3.8, 4) is 5.75 Å². The molecule has 1 fully saturated rings. The molecule has 2 atom stereocenters. The Morgan fingerprint density at radius 1 is 1.04 bits per heavy atom. The molecule has 0 radical (unpaired) electrons. The lowest BCUT2D eigenvalue weighted by Crippen LogP contribution is -2.61. The van der Waals surface area contributed by atoms with Crippen molar-refractivity contribution in [3.63, 3.8) is 0 Å². The van der Waals surface area contributed by atoms with E-state index in [2.05, 4.69) is 10.4 Å². The highest BCUT2D eigenvalue weighted by molar-refractivity contribution is 6.13. The van der Waals surface area contributed by atoms with Crippen LogP contribution in [0.25, 0.3) is 0 Å². The van der Waals surface area contributed by atoms with Crippen molar-refractivity contribution in [2.24, 2.45) is 16.3 Å². The molecule has 2 heterocycles. The first-order valence-corrected chi connectivity index (χ1v) is 14.0. The third-order valence-corrected chi connectivity index (χ3v) is 7.69. The number of piperidine rings is 1. The largest absolute Gasteiger partial charge is 0.493 e. The number of ether oxygens (including phenoxy) is 1. The van der Waals surface area contributed by atoms with Gasteiger partial charge in [-0.15, -0.1) is 0 Å². The van der Waals surface area contributed by atoms with Crippen molar-refractivity contribution < 1.29 is 45.5 Å². The molecule has 2 aliphatic heterocycles. The van der Waals surface area contributed by atoms with Crippen LogP contribution in [0.2, 0.25) is 0 Å². The molecular formula is C30H33F6N5O4. The van der Waals surface area contributed by atoms with Gasteiger partial charge in [-0.3, -0.25) is 14.4 Å². The van der Waals surface area contributed by atoms with Crippen molar-refractivity contribution in [2.75, 3.05) is 26.7 Å². The molecule has 0 aliphatic carbocycles. The van der Waals surface area contributed by atoms with Crippen LogP contribution in [0.1, 0.15) is 43.4 Å². The summed E-state index contributed by atoms with van der Waals surface area (Å²) >= 11 is 0. The van der Waals surface area contributed by atoms with Crippen molar-refractivity contribution in [3.05, 3.63) is 65.2 Å². The fraction of sp³-hybridized carbons (Fsp3) is 0.467. The Kier molecular flexibility index (Phi) is 9.25. The molecule has 0 unspecified atom stereocenters. The lowest BCUT2D eigenvalue weighted by Gasteiger charge is -2.41. The third kappa shape index (κ3) is 7.57. The molecule has 45 heavy (non-hydrogen) atoms. The van der Waals surface area contributed by atoms with E-state index in [1.807, 2.05) is 30.3 Å². The number of nitrogens with zero attached hydrogens (tertiary/aromatic N) is 3. The van der Waals surface area contributed by atoms with Crippen LogP contribution >= 0.6 is 0 Å². The number of fused-ring (bicyclic) bond motifs is 1. The Morgan fingerprint density at radius 2 is 1.64 bits per heavy atom. The number of alkyl halides is 6. The summed E-state index contributed by atoms with van der Waals surface area (Å²) in [7, 11) is 1.52. The number of carbonyl (C=O) groups is 3. The predicted octanol–water partition coefficient (Wildman–Crippen LogP) is 4.00. The van der Waals surface area contributed by atoms with E-state index in [1.165, 1.54) is 30.8 Å². The van der Waals surface area contributed by atoms with Gasteiger partial charge in [-0.25, -0.2) is 5.01 Å². The minimum absolute atomic E-state index is 0.0241. The van der Waals surface area contributed by atoms with Crippen LogP contribution in [-0.4, -0.2) is 71.7 Å². The Balaban J connectivity index is 1.58. The Hall–Kier alpha value is -4.14. The first-order valence-electron chi connectivity index (χ1n) is 14.0. The van der Waals surface area contributed by atoms with Gasteiger partial charge in [0.25, 0.3) is 5.91 Å². The fourth-order valence-electron chi connectivity index (χ4n) is 5.34. The van der Waals surface area contributed by atoms with E-state index in [0.29, 0.717) is 17.8 Å². The molecule has 4 rings (SSSR count). The molecule has 0 spiro atoms. The van der Waals surface area contributed by atoms with Crippen LogP contribution in [0.5, 0.6) is 5.75 Å². The number of amides is 3. The Labute approximate surface area is 255 Å². The van der Waals surface area contributed by atoms with Gasteiger partial charge in [0.2, 0.25) is 11.8 Å². The lowest BCUT2D eigenvalue weighted by atomic mass is 9.73. The minimum atomic E-state index is -5.07. The molecule has 0 saturated carbocycles. The van der Waals surface area contributed by atoms with E-state index in [-0.39, 0.29) is 44.3 Å². The summed E-state index contributed by atoms with van der Waals surface area (Å²) in [5.41, 5.74) is 1.65. The number of carbonyl (C=O) groups excluding carboxylic acids is 3. The van der Waals surface area contributed by atoms with E-state index in [1.54, 1.807) is 0 Å². The van der Waals surface area contributed by atoms with Crippen LogP contribution in [0.15, 0.2) is 53.6 Å². The quantitative estimate of drug-likeness (QED) is 0.402. The van der Waals surface area contributed by atoms with Crippen molar-refractivity contribution in [1.82, 2.24) is 15.2 Å². The summed E-state index contributed by atoms with van der Waals surface area (Å²) < 4.78 is 85.1. The predicted molar refractivity (Wildman–Crippen MR) is 151 cm³/mol. The molecule has 3 amide bonds. The van der Waals surface area contributed by atoms with Gasteiger partial charge in [0.05, 0.1) is 29.0 Å². The fourth-order valence-corrected chi connectivity index (χ4v) is 5.34. The molecule has 15 heteroatoms. The normalized spacial score (nSPS) is 19.6. The Morgan fingerprint density at radius 3 is 2.20 bits per heavy atom. The number of benzene rings is 2. The van der Waals surface area contributed by atoms with Crippen LogP contribution in [0.3, 0.4) is 0 Å². The summed E-state index contributed by atoms with van der Waals surface area (Å²) in [5.74, 6) is -2.37. The van der Waals surface area contributed by atoms with Crippen molar-refractivity contribution in [1.29, 1.82) is 0 Å². The minimum Gasteiger partial charge on any atom is -0.493 e. The van der Waals surface area contributed by atoms with E-state index in [4.69, 9.17) is 10.5 Å². The molecule has 2 aliphatic rings. The molecule has 1 saturated heterocycles. The highest BCUT2D eigenvalue weighted by atomic mass is 19.4. The standard InChI is InChI=1S/C30H33F6N5O4/c1-27(2,37)25(43)38-22(10-12-45-21-14-19(29(31,32)33)13-20(15-21)30(34,35)36)24(42)41-11-9-23-28(17-41,26(44)40(3)39-23)16-18-7-5-4-6-8-18/h4-8,13-15,22H,9-12,16-17,37H2,1-3H3,(H,38,43)/t22-,28-/m1/s1. The van der Waals surface area contributed by atoms with Crippen LogP contribution in [-0.2, 0) is 33.2 Å². The van der Waals surface area contributed by atoms with Gasteiger partial charge < -0.3 is 20.7 Å². The SMILES string of the molecule is CN1N=C2CCN(C(=O)[C@@H](CCOc3cc(C(F)(F)F)cc(C(F)(F)F)c3)NC(=O)C(C)(C)N)C[C@@]2(Cc2ccccc2)C1=O. The molecular weight excluding hydrogens is 608 g/mol. The van der Waals surface area contributed by atoms with Crippen molar-refractivity contribution >= 4 is 23.4 Å². The zero-order valence-electron chi connectivity index (χ0n) is 24.8. The van der Waals surface area contributed by atoms with E-state index in [9.17, 15) is 40.7 Å². The number of likely N-dealkylation sites (tertiary alicyclic amines) is 1. The van der Waals surface area contributed by atoms with Gasteiger partial charge in [0, 0.05) is 33.0 Å². The average Bonchev–Trinajstić information content (AvgIpc) is 3.19. The molecule has 2 aromatic carbocycles. The number of halogens is 6. The molecule has 9 nitrogen and oxygen atoms in total. The Bertz CT molecular complexity index is 1440. The van der Waals surface area contributed by atoms with E-state index < -0.39 is 64.6 Å². The van der Waals surface area contributed by atoms with E-state index >= 15 is 0 Å². The molecule has 0 bridgehead atoms. The summed E-state index contributed by atoms with van der Waals surface area (Å²) in [6.07, 6.45) is -9.95. The lowest BCUT2D eigenvalue weighted by molar-refractivity contribution is -0.143. The highest BCUT2D eigenvalue weighted by Crippen LogP contribution is 2.39. The van der Waals surface area contributed by atoms with Crippen LogP contribution < -0.4 is 15.8 Å². The second kappa shape index (κ2) is 12.3. The van der Waals surface area contributed by atoms with Crippen LogP contribution in [0, 0.1) is 5.41 Å². The maximum absolute atomic E-state index is 13.9. The van der Waals surface area contributed by atoms with Gasteiger partial charge in [-0.05, 0) is 44.0 Å². The molecule has 244 valence electrons. The highest BCUT2D eigenvalue weighted by Gasteiger charge is 2.54. The number of nitrogens with two attached hydrogens (primary N) is 1. The zero-order chi connectivity index (χ0) is 33.4. The van der Waals surface area contributed by atoms with Gasteiger partial charge in [-0.1, -0.05) is 30.3 Å². The van der Waals surface area contributed by atoms with Gasteiger partial charge in [0.15, 0.2) is 0 Å². The first-order chi connectivity index (χ1) is 20.8. The zero-order valence-corrected chi connectivity index (χ0v) is 24.8. The first kappa shape index (κ1) is 33.7. The molecule has 3 N–H and O–H groups in total. The number of hydrogen-bond donors (Lipinski definition) is 2. The topological polar surface area (TPSA) is 117 Å². The molecule has 0 aromatic heterocycles. The number of hydrogen-bond acceptors (Lipinski definition) is 6. The number of hydrazone groups is 1. The monoisotopic (exact) mass is 641 g/mol. The van der Waals surface area contributed by atoms with E-state index in [0.717, 1.165) is 5.56 Å². The maximum Gasteiger partial charge on any atom is 0.416 e. The summed E-state index contributed by atoms with van der Waals surface area (Å²) in [6.45, 7) is 2.35. The second-order valence-corrected chi connectivity index (χ2v) is 11.8. The number of rotatable bonds is 9. The van der Waals surface area contributed by atoms with Crippen molar-refractivity contribution in [2.45, 2.75) is 57.0 Å². The smallest absolute Gasteiger partial charge is 0.416 e. The van der Waals surface area contributed by atoms with Gasteiger partial charge in [-0.2, -0.15) is 31.4 Å². The molecule has 2 aromatic rings. The summed E-state index contributed by atoms with van der Waals surface area (Å²) in [6, 6.07) is 8.66. The number of nitrogens with one attached hydrogen (secondary N) is 1. The average molecular weight is 642 g/mol.